The van der Waals surface area contributed by atoms with E-state index in [0.29, 0.717) is 42.5 Å². The van der Waals surface area contributed by atoms with E-state index in [2.05, 4.69) is 30.3 Å². The Hall–Kier alpha value is -3.75. The Morgan fingerprint density at radius 2 is 1.85 bits per heavy atom. The van der Waals surface area contributed by atoms with E-state index in [0.717, 1.165) is 18.0 Å². The molecule has 14 heteroatoms. The summed E-state index contributed by atoms with van der Waals surface area (Å²) >= 11 is 1.35. The summed E-state index contributed by atoms with van der Waals surface area (Å²) in [7, 11) is -3.37. The number of piperazine rings is 1. The van der Waals surface area contributed by atoms with E-state index < -0.39 is 15.7 Å². The van der Waals surface area contributed by atoms with Crippen molar-refractivity contribution in [3.8, 4) is 0 Å². The van der Waals surface area contributed by atoms with Gasteiger partial charge in [0.05, 0.1) is 10.1 Å². The molecular formula is C27H31N7O5S2. The van der Waals surface area contributed by atoms with Crippen molar-refractivity contribution in [3.05, 3.63) is 65.2 Å². The molecule has 1 saturated carbocycles. The van der Waals surface area contributed by atoms with Gasteiger partial charge in [-0.15, -0.1) is 11.3 Å². The van der Waals surface area contributed by atoms with Crippen LogP contribution in [0.1, 0.15) is 43.0 Å². The first-order chi connectivity index (χ1) is 19.7. The number of anilines is 1. The molecule has 12 nitrogen and oxygen atoms in total. The van der Waals surface area contributed by atoms with Gasteiger partial charge >= 0.3 is 0 Å². The fourth-order valence-electron chi connectivity index (χ4n) is 4.62. The molecule has 3 aromatic rings. The van der Waals surface area contributed by atoms with E-state index in [9.17, 15) is 18.0 Å². The number of rotatable bonds is 10. The number of hydrogen-bond donors (Lipinski definition) is 1. The second-order valence-corrected chi connectivity index (χ2v) is 13.4. The van der Waals surface area contributed by atoms with Crippen molar-refractivity contribution in [1.82, 2.24) is 24.8 Å². The molecule has 2 aromatic heterocycles. The monoisotopic (exact) mass is 597 g/mol. The third-order valence-electron chi connectivity index (χ3n) is 6.87. The maximum Gasteiger partial charge on any atom is 0.280 e. The number of carbonyl (C=O) groups is 2. The third-order valence-corrected chi connectivity index (χ3v) is 10.0. The first kappa shape index (κ1) is 28.8. The summed E-state index contributed by atoms with van der Waals surface area (Å²) in [6.45, 7) is 6.41. The maximum atomic E-state index is 13.3. The van der Waals surface area contributed by atoms with E-state index in [1.807, 2.05) is 11.8 Å². The van der Waals surface area contributed by atoms with Gasteiger partial charge in [-0.2, -0.15) is 0 Å². The summed E-state index contributed by atoms with van der Waals surface area (Å²) in [6, 6.07) is 7.87. The van der Waals surface area contributed by atoms with Crippen LogP contribution in [0.25, 0.3) is 0 Å². The lowest BCUT2D eigenvalue weighted by Gasteiger charge is -2.39. The van der Waals surface area contributed by atoms with Gasteiger partial charge in [-0.25, -0.2) is 23.4 Å². The molecule has 0 unspecified atom stereocenters. The van der Waals surface area contributed by atoms with Crippen molar-refractivity contribution in [3.63, 3.8) is 0 Å². The van der Waals surface area contributed by atoms with Gasteiger partial charge < -0.3 is 9.74 Å². The number of nitrogens with zero attached hydrogens (tertiary/aromatic N) is 6. The number of benzene rings is 1. The molecule has 0 bridgehead atoms. The molecule has 0 radical (unpaired) electrons. The van der Waals surface area contributed by atoms with E-state index in [1.54, 1.807) is 43.7 Å². The van der Waals surface area contributed by atoms with Gasteiger partial charge in [0.1, 0.15) is 0 Å². The molecule has 0 spiro atoms. The number of carbonyl (C=O) groups excluding carboxylic acids is 2. The normalized spacial score (nSPS) is 18.2. The van der Waals surface area contributed by atoms with Gasteiger partial charge in [0, 0.05) is 68.2 Å². The molecule has 5 rings (SSSR count). The van der Waals surface area contributed by atoms with Crippen LogP contribution >= 0.6 is 11.3 Å². The Kier molecular flexibility index (Phi) is 8.71. The van der Waals surface area contributed by atoms with E-state index in [1.165, 1.54) is 23.5 Å². The average molecular weight is 598 g/mol. The lowest BCUT2D eigenvalue weighted by atomic mass is 10.1. The molecule has 1 atom stereocenters. The molecule has 1 aliphatic carbocycles. The van der Waals surface area contributed by atoms with Crippen LogP contribution in [-0.4, -0.2) is 81.6 Å². The van der Waals surface area contributed by atoms with Crippen LogP contribution in [0.15, 0.2) is 59.0 Å². The van der Waals surface area contributed by atoms with Crippen LogP contribution in [0.3, 0.4) is 0 Å². The van der Waals surface area contributed by atoms with Crippen LogP contribution in [-0.2, 0) is 37.4 Å². The molecule has 1 aromatic carbocycles. The zero-order chi connectivity index (χ0) is 29.0. The molecular weight excluding hydrogens is 566 g/mol. The van der Waals surface area contributed by atoms with Crippen molar-refractivity contribution in [1.29, 1.82) is 0 Å². The molecule has 1 aliphatic heterocycles. The predicted octanol–water partition coefficient (Wildman–Crippen LogP) is 2.48. The molecule has 3 heterocycles. The number of oxime groups is 1. The predicted molar refractivity (Wildman–Crippen MR) is 153 cm³/mol. The Morgan fingerprint density at radius 1 is 1.12 bits per heavy atom. The van der Waals surface area contributed by atoms with Gasteiger partial charge in [0.15, 0.2) is 33.1 Å². The highest BCUT2D eigenvalue weighted by molar-refractivity contribution is 7.92. The van der Waals surface area contributed by atoms with E-state index in [-0.39, 0.29) is 34.4 Å². The van der Waals surface area contributed by atoms with E-state index >= 15 is 0 Å². The van der Waals surface area contributed by atoms with Gasteiger partial charge in [0.25, 0.3) is 5.91 Å². The summed E-state index contributed by atoms with van der Waals surface area (Å²) < 4.78 is 25.2. The number of hydrogen-bond acceptors (Lipinski definition) is 11. The third kappa shape index (κ3) is 7.13. The molecule has 2 fully saturated rings. The van der Waals surface area contributed by atoms with Crippen LogP contribution in [0.2, 0.25) is 0 Å². The van der Waals surface area contributed by atoms with Crippen molar-refractivity contribution in [2.45, 2.75) is 56.0 Å². The molecule has 41 heavy (non-hydrogen) atoms. The van der Waals surface area contributed by atoms with Crippen molar-refractivity contribution in [2.24, 2.45) is 5.16 Å². The Morgan fingerprint density at radius 3 is 2.51 bits per heavy atom. The quantitative estimate of drug-likeness (QED) is 0.275. The minimum absolute atomic E-state index is 0.0396. The first-order valence-corrected chi connectivity index (χ1v) is 15.6. The van der Waals surface area contributed by atoms with Crippen LogP contribution < -0.4 is 5.32 Å². The minimum Gasteiger partial charge on any atom is -0.387 e. The minimum atomic E-state index is -3.37. The number of thiazole rings is 1. The lowest BCUT2D eigenvalue weighted by Crippen LogP contribution is -2.52. The van der Waals surface area contributed by atoms with Crippen molar-refractivity contribution >= 4 is 43.8 Å². The summed E-state index contributed by atoms with van der Waals surface area (Å²) in [5.74, 6) is -0.0804. The highest BCUT2D eigenvalue weighted by Crippen LogP contribution is 2.33. The summed E-state index contributed by atoms with van der Waals surface area (Å²) in [5.41, 5.74) is 0.350. The largest absolute Gasteiger partial charge is 0.387 e. The van der Waals surface area contributed by atoms with Crippen molar-refractivity contribution in [2.75, 3.05) is 25.0 Å². The smallest absolute Gasteiger partial charge is 0.280 e. The molecule has 1 saturated heterocycles. The van der Waals surface area contributed by atoms with Crippen molar-refractivity contribution < 1.29 is 22.8 Å². The highest BCUT2D eigenvalue weighted by atomic mass is 32.2. The standard InChI is InChI=1S/C27H31N7O5S2/c1-18-15-33(12-13-34(18)19(2)35)16-21-14-30-27(40-21)31-26(36)25(32-39-17-24-28-10-3-11-29-24)20-4-6-22(7-5-20)41(37,38)23-8-9-23/h3-7,10-11,14,18,23H,8-9,12-13,15-17H2,1-2H3,(H,30,31,36)/t18-/m0/s1. The molecule has 2 aliphatic rings. The second kappa shape index (κ2) is 12.4. The Labute approximate surface area is 242 Å². The average Bonchev–Trinajstić information content (AvgIpc) is 3.73. The zero-order valence-electron chi connectivity index (χ0n) is 22.8. The van der Waals surface area contributed by atoms with Gasteiger partial charge in [-0.3, -0.25) is 19.8 Å². The van der Waals surface area contributed by atoms with Crippen LogP contribution in [0, 0.1) is 0 Å². The topological polar surface area (TPSA) is 147 Å². The van der Waals surface area contributed by atoms with E-state index in [4.69, 9.17) is 4.84 Å². The van der Waals surface area contributed by atoms with Gasteiger partial charge in [-0.1, -0.05) is 17.3 Å². The first-order valence-electron chi connectivity index (χ1n) is 13.3. The zero-order valence-corrected chi connectivity index (χ0v) is 24.4. The number of amides is 2. The SMILES string of the molecule is CC(=O)N1CCN(Cc2cnc(NC(=O)C(=NOCc3ncccn3)c3ccc(S(=O)(=O)C4CC4)cc3)s2)C[C@@H]1C. The second-order valence-electron chi connectivity index (χ2n) is 10.0. The van der Waals surface area contributed by atoms with Gasteiger partial charge in [0.2, 0.25) is 5.91 Å². The highest BCUT2D eigenvalue weighted by Gasteiger charge is 2.37. The number of aromatic nitrogens is 3. The molecule has 216 valence electrons. The summed E-state index contributed by atoms with van der Waals surface area (Å²) in [4.78, 5) is 48.4. The van der Waals surface area contributed by atoms with Crippen LogP contribution in [0.4, 0.5) is 5.13 Å². The molecule has 2 amide bonds. The summed E-state index contributed by atoms with van der Waals surface area (Å²) in [6.07, 6.45) is 6.20. The number of nitrogens with one attached hydrogen (secondary N) is 1. The Balaban J connectivity index is 1.28. The Bertz CT molecular complexity index is 1520. The lowest BCUT2D eigenvalue weighted by molar-refractivity contribution is -0.133. The van der Waals surface area contributed by atoms with Gasteiger partial charge in [-0.05, 0) is 38.0 Å². The summed E-state index contributed by atoms with van der Waals surface area (Å²) in [5, 5.41) is 6.92. The fourth-order valence-corrected chi connectivity index (χ4v) is 7.12. The maximum absolute atomic E-state index is 13.3. The number of sulfone groups is 1. The molecule has 1 N–H and O–H groups in total. The fraction of sp³-hybridized carbons (Fsp3) is 0.407. The van der Waals surface area contributed by atoms with Crippen LogP contribution in [0.5, 0.6) is 0 Å².